The van der Waals surface area contributed by atoms with Crippen molar-refractivity contribution in [2.75, 3.05) is 11.5 Å². The molecular formula is C24H20Cl2N2O3. The second-order valence-electron chi connectivity index (χ2n) is 6.55. The Kier molecular flexibility index (Phi) is 7.82. The summed E-state index contributed by atoms with van der Waals surface area (Å²) < 4.78 is 5.02. The Morgan fingerprint density at radius 2 is 1.87 bits per heavy atom. The van der Waals surface area contributed by atoms with Crippen LogP contribution in [-0.4, -0.2) is 23.5 Å². The van der Waals surface area contributed by atoms with Gasteiger partial charge in [0.25, 0.3) is 5.91 Å². The number of esters is 1. The van der Waals surface area contributed by atoms with Gasteiger partial charge in [-0.1, -0.05) is 35.3 Å². The molecule has 0 atom stereocenters. The number of hydrogen-bond acceptors (Lipinski definition) is 4. The molecule has 0 spiro atoms. The minimum absolute atomic E-state index is 0.251. The summed E-state index contributed by atoms with van der Waals surface area (Å²) in [6.07, 6.45) is 6.47. The Balaban J connectivity index is 1.87. The van der Waals surface area contributed by atoms with Crippen molar-refractivity contribution in [2.24, 2.45) is 0 Å². The Morgan fingerprint density at radius 1 is 1.10 bits per heavy atom. The van der Waals surface area contributed by atoms with Crippen LogP contribution in [0.4, 0.5) is 5.69 Å². The Hall–Kier alpha value is -3.15. The third kappa shape index (κ3) is 6.17. The number of nitrogens with zero attached hydrogens (tertiary/aromatic N) is 2. The number of aromatic nitrogens is 1. The maximum absolute atomic E-state index is 13.1. The topological polar surface area (TPSA) is 59.5 Å². The number of ether oxygens (including phenoxy) is 1. The number of carbonyl (C=O) groups excluding carboxylic acids is 2. The molecule has 0 aliphatic rings. The van der Waals surface area contributed by atoms with Gasteiger partial charge in [-0.15, -0.1) is 0 Å². The molecule has 0 N–H and O–H groups in total. The molecule has 0 saturated carbocycles. The lowest BCUT2D eigenvalue weighted by atomic mass is 10.1. The van der Waals surface area contributed by atoms with Crippen LogP contribution in [0.1, 0.15) is 28.4 Å². The molecular weight excluding hydrogens is 435 g/mol. The van der Waals surface area contributed by atoms with Crippen LogP contribution in [0, 0.1) is 0 Å². The van der Waals surface area contributed by atoms with Crippen LogP contribution in [0.25, 0.3) is 6.08 Å². The first-order valence-corrected chi connectivity index (χ1v) is 10.3. The number of pyridine rings is 1. The number of hydrogen-bond donors (Lipinski definition) is 0. The highest BCUT2D eigenvalue weighted by Gasteiger charge is 2.16. The van der Waals surface area contributed by atoms with Gasteiger partial charge < -0.3 is 9.64 Å². The Bertz CT molecular complexity index is 1080. The molecule has 3 rings (SSSR count). The zero-order valence-corrected chi connectivity index (χ0v) is 18.3. The first kappa shape index (κ1) is 22.5. The van der Waals surface area contributed by atoms with E-state index in [1.807, 2.05) is 12.1 Å². The summed E-state index contributed by atoms with van der Waals surface area (Å²) in [4.78, 5) is 30.7. The van der Waals surface area contributed by atoms with E-state index in [9.17, 15) is 9.59 Å². The highest BCUT2D eigenvalue weighted by Crippen LogP contribution is 2.23. The fourth-order valence-electron chi connectivity index (χ4n) is 2.85. The molecule has 0 unspecified atom stereocenters. The van der Waals surface area contributed by atoms with Crippen molar-refractivity contribution in [1.82, 2.24) is 4.98 Å². The number of anilines is 1. The van der Waals surface area contributed by atoms with Crippen LogP contribution >= 0.6 is 23.2 Å². The van der Waals surface area contributed by atoms with Crippen molar-refractivity contribution < 1.29 is 14.3 Å². The van der Waals surface area contributed by atoms with E-state index in [2.05, 4.69) is 4.98 Å². The summed E-state index contributed by atoms with van der Waals surface area (Å²) >= 11 is 12.1. The van der Waals surface area contributed by atoms with E-state index in [4.69, 9.17) is 27.9 Å². The molecule has 31 heavy (non-hydrogen) atoms. The summed E-state index contributed by atoms with van der Waals surface area (Å²) in [6, 6.07) is 15.5. The molecule has 3 aromatic rings. The maximum Gasteiger partial charge on any atom is 0.338 e. The van der Waals surface area contributed by atoms with Gasteiger partial charge in [-0.25, -0.2) is 4.79 Å². The van der Waals surface area contributed by atoms with Gasteiger partial charge in [0.05, 0.1) is 18.7 Å². The lowest BCUT2D eigenvalue weighted by molar-refractivity contribution is -0.114. The molecule has 7 heteroatoms. The number of amides is 1. The molecule has 0 aliphatic carbocycles. The lowest BCUT2D eigenvalue weighted by Gasteiger charge is -2.22. The largest absolute Gasteiger partial charge is 0.462 e. The second-order valence-corrected chi connectivity index (χ2v) is 7.40. The zero-order chi connectivity index (χ0) is 22.2. The first-order chi connectivity index (χ1) is 15.0. The predicted molar refractivity (Wildman–Crippen MR) is 123 cm³/mol. The molecule has 2 aromatic carbocycles. The van der Waals surface area contributed by atoms with Crippen LogP contribution < -0.4 is 4.90 Å². The fourth-order valence-corrected chi connectivity index (χ4v) is 3.32. The summed E-state index contributed by atoms with van der Waals surface area (Å²) in [5.74, 6) is -0.657. The summed E-state index contributed by atoms with van der Waals surface area (Å²) in [5, 5.41) is 0.975. The standard InChI is InChI=1S/C24H20Cl2N2O3/c1-2-31-24(30)19-6-10-21(11-7-19)28(16-17-4-3-13-27-15-17)23(29)12-8-18-5-9-20(25)14-22(18)26/h3-15H,2,16H2,1H3/b12-8+. The number of carbonyl (C=O) groups is 2. The minimum atomic E-state index is -0.406. The molecule has 0 fully saturated rings. The normalized spacial score (nSPS) is 10.8. The van der Waals surface area contributed by atoms with Gasteiger partial charge >= 0.3 is 5.97 Å². The molecule has 1 aromatic heterocycles. The van der Waals surface area contributed by atoms with Crippen molar-refractivity contribution in [3.8, 4) is 0 Å². The van der Waals surface area contributed by atoms with Crippen molar-refractivity contribution in [1.29, 1.82) is 0 Å². The Labute approximate surface area is 190 Å². The van der Waals surface area contributed by atoms with E-state index in [1.54, 1.807) is 72.8 Å². The lowest BCUT2D eigenvalue weighted by Crippen LogP contribution is -2.28. The molecule has 1 heterocycles. The number of halogens is 2. The number of benzene rings is 2. The molecule has 1 amide bonds. The summed E-state index contributed by atoms with van der Waals surface area (Å²) in [6.45, 7) is 2.36. The van der Waals surface area contributed by atoms with E-state index in [0.717, 1.165) is 5.56 Å². The molecule has 0 aliphatic heterocycles. The smallest absolute Gasteiger partial charge is 0.338 e. The van der Waals surface area contributed by atoms with Gasteiger partial charge in [-0.05, 0) is 66.6 Å². The van der Waals surface area contributed by atoms with Crippen molar-refractivity contribution >= 4 is 46.8 Å². The third-order valence-electron chi connectivity index (χ3n) is 4.39. The first-order valence-electron chi connectivity index (χ1n) is 9.58. The summed E-state index contributed by atoms with van der Waals surface area (Å²) in [5.41, 5.74) is 2.60. The van der Waals surface area contributed by atoms with Crippen LogP contribution in [0.3, 0.4) is 0 Å². The van der Waals surface area contributed by atoms with Crippen LogP contribution in [0.2, 0.25) is 10.0 Å². The van der Waals surface area contributed by atoms with Gasteiger partial charge in [0.2, 0.25) is 0 Å². The van der Waals surface area contributed by atoms with Crippen molar-refractivity contribution in [2.45, 2.75) is 13.5 Å². The van der Waals surface area contributed by atoms with Crippen molar-refractivity contribution in [3.63, 3.8) is 0 Å². The van der Waals surface area contributed by atoms with E-state index >= 15 is 0 Å². The average molecular weight is 455 g/mol. The minimum Gasteiger partial charge on any atom is -0.462 e. The number of rotatable bonds is 7. The van der Waals surface area contributed by atoms with Gasteiger partial charge in [-0.2, -0.15) is 0 Å². The highest BCUT2D eigenvalue weighted by atomic mass is 35.5. The quantitative estimate of drug-likeness (QED) is 0.333. The molecule has 0 radical (unpaired) electrons. The highest BCUT2D eigenvalue weighted by molar-refractivity contribution is 6.35. The third-order valence-corrected chi connectivity index (χ3v) is 4.95. The van der Waals surface area contributed by atoms with Gasteiger partial charge in [0, 0.05) is 34.2 Å². The monoisotopic (exact) mass is 454 g/mol. The zero-order valence-electron chi connectivity index (χ0n) is 16.8. The summed E-state index contributed by atoms with van der Waals surface area (Å²) in [7, 11) is 0. The van der Waals surface area contributed by atoms with Crippen LogP contribution in [-0.2, 0) is 16.1 Å². The molecule has 0 bridgehead atoms. The van der Waals surface area contributed by atoms with Gasteiger partial charge in [-0.3, -0.25) is 9.78 Å². The van der Waals surface area contributed by atoms with E-state index in [0.29, 0.717) is 40.0 Å². The van der Waals surface area contributed by atoms with Gasteiger partial charge in [0.1, 0.15) is 0 Å². The van der Waals surface area contributed by atoms with E-state index < -0.39 is 5.97 Å². The maximum atomic E-state index is 13.1. The SMILES string of the molecule is CCOC(=O)c1ccc(N(Cc2cccnc2)C(=O)/C=C/c2ccc(Cl)cc2Cl)cc1. The predicted octanol–water partition coefficient (Wildman–Crippen LogP) is 5.81. The van der Waals surface area contributed by atoms with Gasteiger partial charge in [0.15, 0.2) is 0 Å². The molecule has 5 nitrogen and oxygen atoms in total. The van der Waals surface area contributed by atoms with Crippen LogP contribution in [0.15, 0.2) is 73.1 Å². The fraction of sp³-hybridized carbons (Fsp3) is 0.125. The average Bonchev–Trinajstić information content (AvgIpc) is 2.78. The van der Waals surface area contributed by atoms with E-state index in [1.165, 1.54) is 6.08 Å². The molecule has 0 saturated heterocycles. The second kappa shape index (κ2) is 10.8. The Morgan fingerprint density at radius 3 is 2.52 bits per heavy atom. The van der Waals surface area contributed by atoms with Crippen LogP contribution in [0.5, 0.6) is 0 Å². The van der Waals surface area contributed by atoms with Crippen molar-refractivity contribution in [3.05, 3.63) is 99.8 Å². The molecule has 158 valence electrons. The van der Waals surface area contributed by atoms with E-state index in [-0.39, 0.29) is 5.91 Å².